The molecule has 0 saturated carbocycles. The van der Waals surface area contributed by atoms with E-state index in [0.717, 1.165) is 31.9 Å². The van der Waals surface area contributed by atoms with Gasteiger partial charge in [-0.2, -0.15) is 0 Å². The van der Waals surface area contributed by atoms with Crippen LogP contribution in [0.2, 0.25) is 0 Å². The van der Waals surface area contributed by atoms with Gasteiger partial charge in [0, 0.05) is 19.6 Å². The molecule has 1 rings (SSSR count). The Morgan fingerprint density at radius 2 is 2.00 bits per heavy atom. The van der Waals surface area contributed by atoms with Crippen LogP contribution in [0.1, 0.15) is 53.4 Å². The molecule has 142 valence electrons. The summed E-state index contributed by atoms with van der Waals surface area (Å²) in [7, 11) is 0. The molecular weight excluding hydrogens is 421 g/mol. The lowest BCUT2D eigenvalue weighted by Gasteiger charge is -2.34. The normalized spacial score (nSPS) is 18.8. The van der Waals surface area contributed by atoms with Crippen molar-refractivity contribution in [3.8, 4) is 0 Å². The van der Waals surface area contributed by atoms with E-state index in [1.165, 1.54) is 0 Å². The molecule has 1 unspecified atom stereocenters. The van der Waals surface area contributed by atoms with Gasteiger partial charge in [-0.3, -0.25) is 9.79 Å². The third-order valence-electron chi connectivity index (χ3n) is 4.52. The Bertz CT molecular complexity index is 401. The number of likely N-dealkylation sites (tertiary alicyclic amines) is 1. The Morgan fingerprint density at radius 1 is 1.33 bits per heavy atom. The van der Waals surface area contributed by atoms with Crippen LogP contribution in [0.4, 0.5) is 0 Å². The number of guanidine groups is 1. The maximum Gasteiger partial charge on any atom is 0.310 e. The summed E-state index contributed by atoms with van der Waals surface area (Å²) in [6.45, 7) is 10.9. The Hall–Kier alpha value is -0.570. The summed E-state index contributed by atoms with van der Waals surface area (Å²) in [5.41, 5.74) is -0.753. The Kier molecular flexibility index (Phi) is 11.6. The lowest BCUT2D eigenvalue weighted by atomic mass is 9.97. The van der Waals surface area contributed by atoms with Crippen LogP contribution < -0.4 is 5.32 Å². The smallest absolute Gasteiger partial charge is 0.310 e. The molecule has 0 spiro atoms. The number of hydrogen-bond acceptors (Lipinski definition) is 4. The molecule has 1 aliphatic rings. The molecule has 24 heavy (non-hydrogen) atoms. The zero-order valence-electron chi connectivity index (χ0n) is 15.5. The first-order chi connectivity index (χ1) is 11.0. The Morgan fingerprint density at radius 3 is 2.54 bits per heavy atom. The molecule has 1 heterocycles. The minimum Gasteiger partial charge on any atom is -0.466 e. The van der Waals surface area contributed by atoms with Crippen molar-refractivity contribution in [3.63, 3.8) is 0 Å². The van der Waals surface area contributed by atoms with E-state index in [9.17, 15) is 9.90 Å². The molecule has 0 aromatic heterocycles. The maximum atomic E-state index is 12.0. The van der Waals surface area contributed by atoms with Gasteiger partial charge in [-0.15, -0.1) is 24.0 Å². The number of nitrogens with one attached hydrogen (secondary N) is 1. The van der Waals surface area contributed by atoms with Crippen LogP contribution in [0.25, 0.3) is 0 Å². The van der Waals surface area contributed by atoms with E-state index in [1.54, 1.807) is 0 Å². The summed E-state index contributed by atoms with van der Waals surface area (Å²) in [4.78, 5) is 18.7. The van der Waals surface area contributed by atoms with Crippen LogP contribution in [0.3, 0.4) is 0 Å². The number of nitrogens with zero attached hydrogens (tertiary/aromatic N) is 2. The monoisotopic (exact) mass is 455 g/mol. The largest absolute Gasteiger partial charge is 0.466 e. The molecule has 1 fully saturated rings. The molecule has 1 saturated heterocycles. The van der Waals surface area contributed by atoms with Crippen LogP contribution in [0.15, 0.2) is 4.99 Å². The Labute approximate surface area is 163 Å². The fourth-order valence-electron chi connectivity index (χ4n) is 2.74. The first kappa shape index (κ1) is 23.4. The summed E-state index contributed by atoms with van der Waals surface area (Å²) in [5.74, 6) is 0.567. The molecule has 7 heteroatoms. The number of esters is 1. The number of hydrogen-bond donors (Lipinski definition) is 2. The number of piperidine rings is 1. The van der Waals surface area contributed by atoms with Gasteiger partial charge in [0.15, 0.2) is 5.96 Å². The molecule has 0 bridgehead atoms. The standard InChI is InChI=1S/C17H33N3O3.HI/c1-5-17(22,6-2)13-19-16(18-7-3)20-11-9-10-14(12-20)15(21)23-8-4;/h14,22H,5-13H2,1-4H3,(H,18,19);1H. The summed E-state index contributed by atoms with van der Waals surface area (Å²) in [6.07, 6.45) is 3.16. The highest BCUT2D eigenvalue weighted by atomic mass is 127. The first-order valence-electron chi connectivity index (χ1n) is 8.91. The number of rotatable bonds is 7. The molecule has 6 nitrogen and oxygen atoms in total. The molecule has 1 atom stereocenters. The minimum atomic E-state index is -0.753. The third-order valence-corrected chi connectivity index (χ3v) is 4.52. The highest BCUT2D eigenvalue weighted by Crippen LogP contribution is 2.19. The third kappa shape index (κ3) is 7.13. The second kappa shape index (κ2) is 11.9. The summed E-state index contributed by atoms with van der Waals surface area (Å²) < 4.78 is 5.15. The molecule has 0 aromatic rings. The summed E-state index contributed by atoms with van der Waals surface area (Å²) in [6, 6.07) is 0. The van der Waals surface area contributed by atoms with Gasteiger partial charge >= 0.3 is 5.97 Å². The number of aliphatic imine (C=N–C) groups is 1. The van der Waals surface area contributed by atoms with E-state index in [2.05, 4.69) is 15.2 Å². The van der Waals surface area contributed by atoms with Crippen LogP contribution in [-0.4, -0.2) is 60.3 Å². The van der Waals surface area contributed by atoms with Crippen molar-refractivity contribution in [2.75, 3.05) is 32.8 Å². The van der Waals surface area contributed by atoms with Crippen molar-refractivity contribution in [2.24, 2.45) is 10.9 Å². The van der Waals surface area contributed by atoms with Crippen LogP contribution >= 0.6 is 24.0 Å². The van der Waals surface area contributed by atoms with Gasteiger partial charge in [0.1, 0.15) is 0 Å². The molecular formula is C17H34IN3O3. The quantitative estimate of drug-likeness (QED) is 0.267. The number of ether oxygens (including phenoxy) is 1. The van der Waals surface area contributed by atoms with Crippen LogP contribution in [0, 0.1) is 5.92 Å². The first-order valence-corrected chi connectivity index (χ1v) is 8.91. The van der Waals surface area contributed by atoms with Crippen molar-refractivity contribution >= 4 is 35.9 Å². The van der Waals surface area contributed by atoms with Crippen molar-refractivity contribution in [3.05, 3.63) is 0 Å². The van der Waals surface area contributed by atoms with Gasteiger partial charge in [0.05, 0.1) is 24.7 Å². The van der Waals surface area contributed by atoms with Crippen molar-refractivity contribution in [1.82, 2.24) is 10.2 Å². The summed E-state index contributed by atoms with van der Waals surface area (Å²) >= 11 is 0. The molecule has 2 N–H and O–H groups in total. The highest BCUT2D eigenvalue weighted by Gasteiger charge is 2.29. The number of aliphatic hydroxyl groups is 1. The van der Waals surface area contributed by atoms with E-state index in [0.29, 0.717) is 32.5 Å². The molecule has 0 radical (unpaired) electrons. The zero-order valence-corrected chi connectivity index (χ0v) is 17.8. The van der Waals surface area contributed by atoms with Gasteiger partial charge in [-0.1, -0.05) is 13.8 Å². The maximum absolute atomic E-state index is 12.0. The average molecular weight is 455 g/mol. The minimum absolute atomic E-state index is 0. The summed E-state index contributed by atoms with van der Waals surface area (Å²) in [5, 5.41) is 13.7. The lowest BCUT2D eigenvalue weighted by Crippen LogP contribution is -2.49. The van der Waals surface area contributed by atoms with Gasteiger partial charge in [0.25, 0.3) is 0 Å². The van der Waals surface area contributed by atoms with E-state index < -0.39 is 5.60 Å². The highest BCUT2D eigenvalue weighted by molar-refractivity contribution is 14.0. The predicted octanol–water partition coefficient (Wildman–Crippen LogP) is 2.40. The fraction of sp³-hybridized carbons (Fsp3) is 0.882. The van der Waals surface area contributed by atoms with Gasteiger partial charge in [-0.25, -0.2) is 0 Å². The lowest BCUT2D eigenvalue weighted by molar-refractivity contribution is -0.149. The van der Waals surface area contributed by atoms with Gasteiger partial charge in [-0.05, 0) is 39.5 Å². The van der Waals surface area contributed by atoms with Gasteiger partial charge in [0.2, 0.25) is 0 Å². The number of carbonyl (C=O) groups excluding carboxylic acids is 1. The second-order valence-electron chi connectivity index (χ2n) is 6.14. The van der Waals surface area contributed by atoms with E-state index in [4.69, 9.17) is 4.74 Å². The molecule has 0 aliphatic carbocycles. The van der Waals surface area contributed by atoms with Gasteiger partial charge < -0.3 is 20.1 Å². The van der Waals surface area contributed by atoms with Crippen molar-refractivity contribution in [1.29, 1.82) is 0 Å². The van der Waals surface area contributed by atoms with E-state index in [1.807, 2.05) is 27.7 Å². The second-order valence-corrected chi connectivity index (χ2v) is 6.14. The average Bonchev–Trinajstić information content (AvgIpc) is 2.58. The SMILES string of the molecule is CCNC(=NCC(O)(CC)CC)N1CCCC(C(=O)OCC)C1.I. The zero-order chi connectivity index (χ0) is 17.3. The number of carbonyl (C=O) groups is 1. The number of halogens is 1. The fourth-order valence-corrected chi connectivity index (χ4v) is 2.74. The Balaban J connectivity index is 0.00000529. The van der Waals surface area contributed by atoms with Crippen molar-refractivity contribution in [2.45, 2.75) is 59.0 Å². The molecule has 0 amide bonds. The van der Waals surface area contributed by atoms with Crippen LogP contribution in [0.5, 0.6) is 0 Å². The van der Waals surface area contributed by atoms with Crippen LogP contribution in [-0.2, 0) is 9.53 Å². The molecule has 0 aromatic carbocycles. The predicted molar refractivity (Wildman–Crippen MR) is 108 cm³/mol. The van der Waals surface area contributed by atoms with E-state index in [-0.39, 0.29) is 35.9 Å². The van der Waals surface area contributed by atoms with E-state index >= 15 is 0 Å². The van der Waals surface area contributed by atoms with Crippen molar-refractivity contribution < 1.29 is 14.6 Å². The topological polar surface area (TPSA) is 74.2 Å². The molecule has 1 aliphatic heterocycles.